The third kappa shape index (κ3) is 10.7. The minimum atomic E-state index is -0.891. The van der Waals surface area contributed by atoms with Gasteiger partial charge in [0, 0.05) is 6.08 Å². The number of carboxylic acids is 1. The number of hydrogen-bond donors (Lipinski definition) is 1. The third-order valence-corrected chi connectivity index (χ3v) is 0.309. The fourth-order valence-corrected chi connectivity index (χ4v) is 0.143. The molecule has 0 bridgehead atoms. The highest BCUT2D eigenvalue weighted by Crippen LogP contribution is 1.65. The van der Waals surface area contributed by atoms with Crippen molar-refractivity contribution < 1.29 is 9.90 Å². The molecule has 0 aromatic carbocycles. The Bertz CT molecular complexity index is 77.8. The SMILES string of the molecule is CC=CC(=O)O.P. The van der Waals surface area contributed by atoms with E-state index < -0.39 is 5.97 Å². The van der Waals surface area contributed by atoms with Gasteiger partial charge in [-0.3, -0.25) is 0 Å². The fraction of sp³-hybridized carbons (Fsp3) is 0.250. The Balaban J connectivity index is 0. The van der Waals surface area contributed by atoms with Crippen LogP contribution < -0.4 is 0 Å². The van der Waals surface area contributed by atoms with Gasteiger partial charge in [-0.15, -0.1) is 0 Å². The lowest BCUT2D eigenvalue weighted by molar-refractivity contribution is -0.131. The summed E-state index contributed by atoms with van der Waals surface area (Å²) in [5, 5.41) is 7.83. The van der Waals surface area contributed by atoms with Gasteiger partial charge in [0.1, 0.15) is 0 Å². The molecule has 0 saturated carbocycles. The second-order valence-electron chi connectivity index (χ2n) is 0.838. The van der Waals surface area contributed by atoms with Crippen molar-refractivity contribution in [2.75, 3.05) is 0 Å². The van der Waals surface area contributed by atoms with Gasteiger partial charge in [0.25, 0.3) is 0 Å². The molecule has 3 heteroatoms. The molecule has 0 aliphatic rings. The molecular formula is C4H9O2P. The summed E-state index contributed by atoms with van der Waals surface area (Å²) < 4.78 is 0. The van der Waals surface area contributed by atoms with E-state index in [1.165, 1.54) is 6.08 Å². The van der Waals surface area contributed by atoms with Crippen LogP contribution in [0.15, 0.2) is 12.2 Å². The molecular weight excluding hydrogens is 111 g/mol. The molecule has 0 aromatic rings. The summed E-state index contributed by atoms with van der Waals surface area (Å²) in [6.07, 6.45) is 2.56. The zero-order chi connectivity index (χ0) is 4.99. The first-order valence-electron chi connectivity index (χ1n) is 1.63. The van der Waals surface area contributed by atoms with E-state index in [-0.39, 0.29) is 9.90 Å². The number of allylic oxidation sites excluding steroid dienone is 1. The molecule has 42 valence electrons. The first-order chi connectivity index (χ1) is 2.77. The predicted octanol–water partition coefficient (Wildman–Crippen LogP) is 0.705. The summed E-state index contributed by atoms with van der Waals surface area (Å²) in [4.78, 5) is 9.51. The third-order valence-electron chi connectivity index (χ3n) is 0.309. The molecule has 2 nitrogen and oxygen atoms in total. The van der Waals surface area contributed by atoms with Crippen LogP contribution in [-0.2, 0) is 4.79 Å². The van der Waals surface area contributed by atoms with E-state index in [0.717, 1.165) is 6.08 Å². The van der Waals surface area contributed by atoms with Gasteiger partial charge < -0.3 is 5.11 Å². The number of carboxylic acid groups (broad SMARTS) is 1. The minimum Gasteiger partial charge on any atom is -0.478 e. The van der Waals surface area contributed by atoms with Crippen LogP contribution in [0, 0.1) is 0 Å². The molecule has 1 unspecified atom stereocenters. The molecule has 0 saturated heterocycles. The summed E-state index contributed by atoms with van der Waals surface area (Å²) in [6.45, 7) is 1.66. The fourth-order valence-electron chi connectivity index (χ4n) is 0.143. The largest absolute Gasteiger partial charge is 0.478 e. The Morgan fingerprint density at radius 3 is 2.14 bits per heavy atom. The normalized spacial score (nSPS) is 8.14. The van der Waals surface area contributed by atoms with Crippen molar-refractivity contribution in [3.8, 4) is 0 Å². The standard InChI is InChI=1S/C4H6O2.H3P/c1-2-3-4(5)6;/h2-3H,1H3,(H,5,6);1H3. The summed E-state index contributed by atoms with van der Waals surface area (Å²) in [7, 11) is 0. The molecule has 0 spiro atoms. The van der Waals surface area contributed by atoms with Crippen LogP contribution in [0.2, 0.25) is 0 Å². The summed E-state index contributed by atoms with van der Waals surface area (Å²) in [5.41, 5.74) is 0. The molecule has 0 amide bonds. The lowest BCUT2D eigenvalue weighted by Crippen LogP contribution is -1.83. The van der Waals surface area contributed by atoms with Crippen LogP contribution in [0.25, 0.3) is 0 Å². The number of hydrogen-bond acceptors (Lipinski definition) is 1. The topological polar surface area (TPSA) is 37.3 Å². The van der Waals surface area contributed by atoms with Crippen molar-refractivity contribution >= 4 is 15.9 Å². The summed E-state index contributed by atoms with van der Waals surface area (Å²) in [6, 6.07) is 0. The first kappa shape index (κ1) is 9.81. The Kier molecular flexibility index (Phi) is 7.90. The number of rotatable bonds is 1. The van der Waals surface area contributed by atoms with Crippen LogP contribution >= 0.6 is 9.90 Å². The minimum absolute atomic E-state index is 0. The van der Waals surface area contributed by atoms with Gasteiger partial charge in [-0.2, -0.15) is 9.90 Å². The van der Waals surface area contributed by atoms with Crippen molar-refractivity contribution in [3.63, 3.8) is 0 Å². The van der Waals surface area contributed by atoms with E-state index in [1.807, 2.05) is 0 Å². The highest BCUT2D eigenvalue weighted by molar-refractivity contribution is 6.92. The van der Waals surface area contributed by atoms with Gasteiger partial charge in [-0.1, -0.05) is 6.08 Å². The average molecular weight is 120 g/mol. The van der Waals surface area contributed by atoms with E-state index >= 15 is 0 Å². The molecule has 0 aromatic heterocycles. The van der Waals surface area contributed by atoms with Crippen LogP contribution in [-0.4, -0.2) is 11.1 Å². The molecule has 0 aliphatic heterocycles. The zero-order valence-electron chi connectivity index (χ0n) is 4.22. The molecule has 0 aliphatic carbocycles. The Labute approximate surface area is 45.9 Å². The molecule has 0 rings (SSSR count). The lowest BCUT2D eigenvalue weighted by Gasteiger charge is -1.68. The smallest absolute Gasteiger partial charge is 0.327 e. The van der Waals surface area contributed by atoms with Crippen LogP contribution in [0.5, 0.6) is 0 Å². The number of aliphatic carboxylic acids is 1. The highest BCUT2D eigenvalue weighted by atomic mass is 31.0. The Morgan fingerprint density at radius 2 is 2.14 bits per heavy atom. The second-order valence-corrected chi connectivity index (χ2v) is 0.838. The van der Waals surface area contributed by atoms with E-state index in [9.17, 15) is 4.79 Å². The molecule has 0 radical (unpaired) electrons. The summed E-state index contributed by atoms with van der Waals surface area (Å²) in [5.74, 6) is -0.891. The van der Waals surface area contributed by atoms with Crippen LogP contribution in [0.3, 0.4) is 0 Å². The van der Waals surface area contributed by atoms with E-state index in [2.05, 4.69) is 0 Å². The molecule has 1 atom stereocenters. The zero-order valence-corrected chi connectivity index (χ0v) is 5.63. The first-order valence-corrected chi connectivity index (χ1v) is 1.63. The van der Waals surface area contributed by atoms with Gasteiger partial charge >= 0.3 is 5.97 Å². The van der Waals surface area contributed by atoms with Crippen molar-refractivity contribution in [1.82, 2.24) is 0 Å². The van der Waals surface area contributed by atoms with Crippen molar-refractivity contribution in [2.24, 2.45) is 0 Å². The lowest BCUT2D eigenvalue weighted by atomic mass is 10.5. The van der Waals surface area contributed by atoms with Gasteiger partial charge in [0.2, 0.25) is 0 Å². The van der Waals surface area contributed by atoms with Gasteiger partial charge in [-0.25, -0.2) is 4.79 Å². The second kappa shape index (κ2) is 5.64. The predicted molar refractivity (Wildman–Crippen MR) is 33.6 cm³/mol. The van der Waals surface area contributed by atoms with Gasteiger partial charge in [0.15, 0.2) is 0 Å². The van der Waals surface area contributed by atoms with Crippen LogP contribution in [0.1, 0.15) is 6.92 Å². The Morgan fingerprint density at radius 1 is 1.71 bits per heavy atom. The molecule has 0 fully saturated rings. The number of carbonyl (C=O) groups is 1. The monoisotopic (exact) mass is 120 g/mol. The van der Waals surface area contributed by atoms with Crippen molar-refractivity contribution in [2.45, 2.75) is 6.92 Å². The maximum absolute atomic E-state index is 9.51. The maximum atomic E-state index is 9.51. The molecule has 1 N–H and O–H groups in total. The highest BCUT2D eigenvalue weighted by Gasteiger charge is 1.76. The Hall–Kier alpha value is -0.360. The van der Waals surface area contributed by atoms with Crippen molar-refractivity contribution in [3.05, 3.63) is 12.2 Å². The van der Waals surface area contributed by atoms with E-state index in [1.54, 1.807) is 6.92 Å². The quantitative estimate of drug-likeness (QED) is 0.408. The average Bonchev–Trinajstić information content (AvgIpc) is 1.35. The van der Waals surface area contributed by atoms with Crippen LogP contribution in [0.4, 0.5) is 0 Å². The summed E-state index contributed by atoms with van der Waals surface area (Å²) >= 11 is 0. The van der Waals surface area contributed by atoms with Gasteiger partial charge in [-0.05, 0) is 6.92 Å². The molecule has 7 heavy (non-hydrogen) atoms. The van der Waals surface area contributed by atoms with Crippen molar-refractivity contribution in [1.29, 1.82) is 0 Å². The molecule has 0 heterocycles. The van der Waals surface area contributed by atoms with E-state index in [0.29, 0.717) is 0 Å². The van der Waals surface area contributed by atoms with Gasteiger partial charge in [0.05, 0.1) is 0 Å². The van der Waals surface area contributed by atoms with E-state index in [4.69, 9.17) is 5.11 Å². The maximum Gasteiger partial charge on any atom is 0.327 e.